The Morgan fingerprint density at radius 2 is 2.04 bits per heavy atom. The zero-order valence-electron chi connectivity index (χ0n) is 17.6. The Morgan fingerprint density at radius 3 is 2.71 bits per heavy atom. The molecule has 1 aromatic carbocycles. The summed E-state index contributed by atoms with van der Waals surface area (Å²) in [5.41, 5.74) is 1.39. The van der Waals surface area contributed by atoms with Gasteiger partial charge in [-0.1, -0.05) is 30.3 Å². The van der Waals surface area contributed by atoms with Gasteiger partial charge in [-0.25, -0.2) is 0 Å². The standard InChI is InChI=1S/C22H36N4OS/c1-4-23-21(24-17-22(28-3)10-12-27-13-11-22)25-20-14-18(2)26(16-20)15-19-8-6-5-7-9-19/h5-9,18,20H,4,10-17H2,1-3H3,(H2,23,24,25). The highest BCUT2D eigenvalue weighted by Gasteiger charge is 2.32. The van der Waals surface area contributed by atoms with Crippen molar-refractivity contribution in [2.45, 2.75) is 56.5 Å². The first-order valence-electron chi connectivity index (χ1n) is 10.6. The van der Waals surface area contributed by atoms with E-state index in [2.05, 4.69) is 66.0 Å². The average Bonchev–Trinajstić information content (AvgIpc) is 3.06. The van der Waals surface area contributed by atoms with Gasteiger partial charge in [0, 0.05) is 49.7 Å². The summed E-state index contributed by atoms with van der Waals surface area (Å²) in [6.07, 6.45) is 5.53. The molecule has 2 fully saturated rings. The summed E-state index contributed by atoms with van der Waals surface area (Å²) in [7, 11) is 0. The first kappa shape index (κ1) is 21.5. The molecule has 5 nitrogen and oxygen atoms in total. The molecular formula is C22H36N4OS. The van der Waals surface area contributed by atoms with E-state index in [4.69, 9.17) is 9.73 Å². The van der Waals surface area contributed by atoms with Crippen molar-refractivity contribution < 1.29 is 4.74 Å². The maximum atomic E-state index is 5.56. The first-order valence-corrected chi connectivity index (χ1v) is 11.8. The number of ether oxygens (including phenoxy) is 1. The van der Waals surface area contributed by atoms with E-state index in [0.717, 1.165) is 64.6 Å². The maximum Gasteiger partial charge on any atom is 0.191 e. The topological polar surface area (TPSA) is 48.9 Å². The number of likely N-dealkylation sites (tertiary alicyclic amines) is 1. The molecule has 0 amide bonds. The zero-order chi connectivity index (χ0) is 19.8. The van der Waals surface area contributed by atoms with Crippen LogP contribution < -0.4 is 10.6 Å². The number of thioether (sulfide) groups is 1. The van der Waals surface area contributed by atoms with Crippen molar-refractivity contribution >= 4 is 17.7 Å². The molecule has 0 saturated carbocycles. The van der Waals surface area contributed by atoms with Gasteiger partial charge in [0.1, 0.15) is 0 Å². The molecular weight excluding hydrogens is 368 g/mol. The Bertz CT molecular complexity index is 618. The fraction of sp³-hybridized carbons (Fsp3) is 0.682. The van der Waals surface area contributed by atoms with E-state index < -0.39 is 0 Å². The number of guanidine groups is 1. The lowest BCUT2D eigenvalue weighted by Crippen LogP contribution is -2.46. The SMILES string of the molecule is CCNC(=NCC1(SC)CCOCC1)NC1CC(C)N(Cc2ccccc2)C1. The lowest BCUT2D eigenvalue weighted by atomic mass is 9.99. The predicted molar refractivity (Wildman–Crippen MR) is 120 cm³/mol. The van der Waals surface area contributed by atoms with Crippen LogP contribution in [0.3, 0.4) is 0 Å². The summed E-state index contributed by atoms with van der Waals surface area (Å²) in [6, 6.07) is 11.8. The van der Waals surface area contributed by atoms with Crippen molar-refractivity contribution in [2.24, 2.45) is 4.99 Å². The van der Waals surface area contributed by atoms with E-state index in [1.165, 1.54) is 5.56 Å². The summed E-state index contributed by atoms with van der Waals surface area (Å²) < 4.78 is 5.79. The highest BCUT2D eigenvalue weighted by atomic mass is 32.2. The Balaban J connectivity index is 1.57. The van der Waals surface area contributed by atoms with E-state index in [0.29, 0.717) is 12.1 Å². The molecule has 0 radical (unpaired) electrons. The summed E-state index contributed by atoms with van der Waals surface area (Å²) in [6.45, 7) is 9.99. The number of aliphatic imine (C=N–C) groups is 1. The normalized spacial score (nSPS) is 25.6. The second-order valence-corrected chi connectivity index (χ2v) is 9.31. The Labute approximate surface area is 174 Å². The molecule has 0 aromatic heterocycles. The number of nitrogens with one attached hydrogen (secondary N) is 2. The quantitative estimate of drug-likeness (QED) is 0.540. The van der Waals surface area contributed by atoms with Gasteiger partial charge in [-0.15, -0.1) is 0 Å². The minimum atomic E-state index is 0.225. The molecule has 0 bridgehead atoms. The second kappa shape index (κ2) is 10.5. The van der Waals surface area contributed by atoms with Crippen molar-refractivity contribution in [3.63, 3.8) is 0 Å². The third kappa shape index (κ3) is 5.88. The number of hydrogen-bond donors (Lipinski definition) is 2. The molecule has 0 aliphatic carbocycles. The van der Waals surface area contributed by atoms with Crippen molar-refractivity contribution in [1.29, 1.82) is 0 Å². The molecule has 28 heavy (non-hydrogen) atoms. The number of benzene rings is 1. The first-order chi connectivity index (χ1) is 13.6. The van der Waals surface area contributed by atoms with Crippen LogP contribution in [0.2, 0.25) is 0 Å². The molecule has 2 aliphatic heterocycles. The number of rotatable bonds is 7. The van der Waals surface area contributed by atoms with Crippen LogP contribution in [0.5, 0.6) is 0 Å². The third-order valence-corrected chi connectivity index (χ3v) is 7.38. The third-order valence-electron chi connectivity index (χ3n) is 5.98. The Morgan fingerprint density at radius 1 is 1.29 bits per heavy atom. The molecule has 1 aromatic rings. The van der Waals surface area contributed by atoms with Crippen LogP contribution in [-0.4, -0.2) is 66.8 Å². The van der Waals surface area contributed by atoms with Gasteiger partial charge in [-0.05, 0) is 44.9 Å². The summed E-state index contributed by atoms with van der Waals surface area (Å²) in [4.78, 5) is 7.55. The lowest BCUT2D eigenvalue weighted by Gasteiger charge is -2.34. The average molecular weight is 405 g/mol. The van der Waals surface area contributed by atoms with E-state index in [9.17, 15) is 0 Å². The summed E-state index contributed by atoms with van der Waals surface area (Å²) in [5, 5.41) is 7.15. The van der Waals surface area contributed by atoms with E-state index >= 15 is 0 Å². The highest BCUT2D eigenvalue weighted by Crippen LogP contribution is 2.34. The Hall–Kier alpha value is -1.24. The maximum absolute atomic E-state index is 5.56. The summed E-state index contributed by atoms with van der Waals surface area (Å²) >= 11 is 1.95. The molecule has 2 unspecified atom stereocenters. The van der Waals surface area contributed by atoms with Gasteiger partial charge in [0.25, 0.3) is 0 Å². The molecule has 0 spiro atoms. The second-order valence-electron chi connectivity index (χ2n) is 8.04. The predicted octanol–water partition coefficient (Wildman–Crippen LogP) is 3.12. The van der Waals surface area contributed by atoms with Crippen LogP contribution in [0.25, 0.3) is 0 Å². The van der Waals surface area contributed by atoms with Gasteiger partial charge < -0.3 is 15.4 Å². The van der Waals surface area contributed by atoms with Crippen LogP contribution in [0, 0.1) is 0 Å². The molecule has 2 heterocycles. The van der Waals surface area contributed by atoms with E-state index in [1.807, 2.05) is 11.8 Å². The van der Waals surface area contributed by atoms with Gasteiger partial charge >= 0.3 is 0 Å². The van der Waals surface area contributed by atoms with Gasteiger partial charge in [0.15, 0.2) is 5.96 Å². The monoisotopic (exact) mass is 404 g/mol. The molecule has 156 valence electrons. The number of nitrogens with zero attached hydrogens (tertiary/aromatic N) is 2. The van der Waals surface area contributed by atoms with Crippen LogP contribution in [0.1, 0.15) is 38.7 Å². The molecule has 2 N–H and O–H groups in total. The minimum absolute atomic E-state index is 0.225. The van der Waals surface area contributed by atoms with Gasteiger partial charge in [-0.2, -0.15) is 11.8 Å². The number of hydrogen-bond acceptors (Lipinski definition) is 4. The minimum Gasteiger partial charge on any atom is -0.381 e. The fourth-order valence-electron chi connectivity index (χ4n) is 4.15. The van der Waals surface area contributed by atoms with Crippen molar-refractivity contribution in [3.05, 3.63) is 35.9 Å². The van der Waals surface area contributed by atoms with E-state index in [-0.39, 0.29) is 4.75 Å². The van der Waals surface area contributed by atoms with Crippen molar-refractivity contribution in [3.8, 4) is 0 Å². The van der Waals surface area contributed by atoms with Gasteiger partial charge in [0.05, 0.1) is 6.54 Å². The van der Waals surface area contributed by atoms with E-state index in [1.54, 1.807) is 0 Å². The summed E-state index contributed by atoms with van der Waals surface area (Å²) in [5.74, 6) is 0.959. The van der Waals surface area contributed by atoms with Crippen LogP contribution in [0.4, 0.5) is 0 Å². The largest absolute Gasteiger partial charge is 0.381 e. The van der Waals surface area contributed by atoms with Gasteiger partial charge in [0.2, 0.25) is 0 Å². The fourth-order valence-corrected chi connectivity index (χ4v) is 4.92. The molecule has 6 heteroatoms. The highest BCUT2D eigenvalue weighted by molar-refractivity contribution is 8.00. The van der Waals surface area contributed by atoms with Crippen LogP contribution >= 0.6 is 11.8 Å². The van der Waals surface area contributed by atoms with Gasteiger partial charge in [-0.3, -0.25) is 9.89 Å². The molecule has 3 rings (SSSR count). The lowest BCUT2D eigenvalue weighted by molar-refractivity contribution is 0.0794. The van der Waals surface area contributed by atoms with Crippen LogP contribution in [-0.2, 0) is 11.3 Å². The molecule has 2 atom stereocenters. The molecule has 2 aliphatic rings. The van der Waals surface area contributed by atoms with Crippen LogP contribution in [0.15, 0.2) is 35.3 Å². The Kier molecular flexibility index (Phi) is 8.06. The molecule has 2 saturated heterocycles. The zero-order valence-corrected chi connectivity index (χ0v) is 18.4. The smallest absolute Gasteiger partial charge is 0.191 e. The van der Waals surface area contributed by atoms with Crippen molar-refractivity contribution in [1.82, 2.24) is 15.5 Å². The van der Waals surface area contributed by atoms with Crippen molar-refractivity contribution in [2.75, 3.05) is 39.1 Å².